The Bertz CT molecular complexity index is 646. The van der Waals surface area contributed by atoms with Gasteiger partial charge in [-0.1, -0.05) is 42.5 Å². The molecule has 1 unspecified atom stereocenters. The molecule has 0 radical (unpaired) electrons. The second kappa shape index (κ2) is 11.6. The summed E-state index contributed by atoms with van der Waals surface area (Å²) in [5, 5.41) is 0. The van der Waals surface area contributed by atoms with Gasteiger partial charge in [0.15, 0.2) is 11.5 Å². The Morgan fingerprint density at radius 1 is 0.778 bits per heavy atom. The fourth-order valence-corrected chi connectivity index (χ4v) is 2.76. The van der Waals surface area contributed by atoms with E-state index in [9.17, 15) is 0 Å². The first-order chi connectivity index (χ1) is 13.4. The third kappa shape index (κ3) is 7.21. The molecule has 3 rings (SSSR count). The van der Waals surface area contributed by atoms with E-state index in [-0.39, 0.29) is 6.10 Å². The lowest BCUT2D eigenvalue weighted by atomic mass is 10.2. The highest BCUT2D eigenvalue weighted by Crippen LogP contribution is 2.26. The normalized spacial score (nSPS) is 19.2. The predicted octanol–water partition coefficient (Wildman–Crippen LogP) is 3.86. The van der Waals surface area contributed by atoms with E-state index in [4.69, 9.17) is 23.7 Å². The minimum absolute atomic E-state index is 0.0788. The van der Waals surface area contributed by atoms with Gasteiger partial charge in [-0.3, -0.25) is 0 Å². The molecular formula is C22H28O5. The fourth-order valence-electron chi connectivity index (χ4n) is 2.76. The molecule has 27 heavy (non-hydrogen) atoms. The molecule has 1 heterocycles. The second-order valence-corrected chi connectivity index (χ2v) is 6.42. The second-order valence-electron chi connectivity index (χ2n) is 6.42. The Morgan fingerprint density at radius 3 is 2.19 bits per heavy atom. The lowest BCUT2D eigenvalue weighted by Crippen LogP contribution is -2.27. The molecule has 1 aliphatic rings. The fraction of sp³-hybridized carbons (Fsp3) is 0.455. The van der Waals surface area contributed by atoms with E-state index in [1.54, 1.807) is 0 Å². The molecule has 2 aromatic carbocycles. The maximum atomic E-state index is 5.95. The first-order valence-electron chi connectivity index (χ1n) is 9.57. The topological polar surface area (TPSA) is 46.2 Å². The highest BCUT2D eigenvalue weighted by atomic mass is 16.6. The van der Waals surface area contributed by atoms with E-state index in [1.807, 2.05) is 42.5 Å². The zero-order valence-corrected chi connectivity index (χ0v) is 15.7. The molecule has 0 bridgehead atoms. The van der Waals surface area contributed by atoms with Gasteiger partial charge in [0.1, 0.15) is 6.10 Å². The molecule has 0 aromatic heterocycles. The summed E-state index contributed by atoms with van der Waals surface area (Å²) in [5.74, 6) is 1.56. The van der Waals surface area contributed by atoms with Gasteiger partial charge in [-0.05, 0) is 17.7 Å². The zero-order chi connectivity index (χ0) is 18.6. The molecule has 0 N–H and O–H groups in total. The maximum absolute atomic E-state index is 5.95. The summed E-state index contributed by atoms with van der Waals surface area (Å²) >= 11 is 0. The molecule has 5 heteroatoms. The quantitative estimate of drug-likeness (QED) is 0.816. The van der Waals surface area contributed by atoms with Crippen LogP contribution in [-0.2, 0) is 20.8 Å². The summed E-state index contributed by atoms with van der Waals surface area (Å²) < 4.78 is 29.2. The van der Waals surface area contributed by atoms with E-state index in [2.05, 4.69) is 12.1 Å². The zero-order valence-electron chi connectivity index (χ0n) is 15.7. The average molecular weight is 372 g/mol. The maximum Gasteiger partial charge on any atom is 0.161 e. The summed E-state index contributed by atoms with van der Waals surface area (Å²) in [4.78, 5) is 0. The molecule has 0 amide bonds. The first-order valence-corrected chi connectivity index (χ1v) is 9.57. The van der Waals surface area contributed by atoms with Crippen LogP contribution in [0.1, 0.15) is 18.4 Å². The van der Waals surface area contributed by atoms with Crippen LogP contribution in [0, 0.1) is 0 Å². The third-order valence-electron chi connectivity index (χ3n) is 4.16. The van der Waals surface area contributed by atoms with Gasteiger partial charge in [-0.15, -0.1) is 0 Å². The minimum atomic E-state index is -0.0788. The number of ether oxygens (including phenoxy) is 5. The standard InChI is InChI=1S/C22H28O5/c1-2-8-19(9-3-1)16-24-18-20-17-23-12-6-14-26-21-10-4-5-11-22(21)27-15-7-13-25-20/h1-5,8-11,20H,6-7,12-18H2. The molecular weight excluding hydrogens is 344 g/mol. The molecule has 5 nitrogen and oxygen atoms in total. The Morgan fingerprint density at radius 2 is 1.44 bits per heavy atom. The minimum Gasteiger partial charge on any atom is -0.490 e. The Kier molecular flexibility index (Phi) is 8.45. The molecule has 0 spiro atoms. The number of benzene rings is 2. The molecule has 2 aromatic rings. The Hall–Kier alpha value is -2.08. The average Bonchev–Trinajstić information content (AvgIpc) is 2.71. The SMILES string of the molecule is c1ccc(COCC2COCCCOc3ccccc3OCCCO2)cc1. The van der Waals surface area contributed by atoms with Gasteiger partial charge >= 0.3 is 0 Å². The molecule has 0 aliphatic carbocycles. The Balaban J connectivity index is 1.45. The van der Waals surface area contributed by atoms with Crippen molar-refractivity contribution in [3.63, 3.8) is 0 Å². The predicted molar refractivity (Wildman–Crippen MR) is 103 cm³/mol. The highest BCUT2D eigenvalue weighted by Gasteiger charge is 2.12. The van der Waals surface area contributed by atoms with E-state index < -0.39 is 0 Å². The van der Waals surface area contributed by atoms with Crippen molar-refractivity contribution >= 4 is 0 Å². The van der Waals surface area contributed by atoms with Gasteiger partial charge in [0.2, 0.25) is 0 Å². The van der Waals surface area contributed by atoms with Crippen molar-refractivity contribution in [2.45, 2.75) is 25.6 Å². The molecule has 146 valence electrons. The summed E-state index contributed by atoms with van der Waals surface area (Å²) in [6.45, 7) is 4.01. The van der Waals surface area contributed by atoms with Crippen LogP contribution in [0.15, 0.2) is 54.6 Å². The van der Waals surface area contributed by atoms with Crippen molar-refractivity contribution in [3.8, 4) is 11.5 Å². The van der Waals surface area contributed by atoms with Crippen molar-refractivity contribution in [2.24, 2.45) is 0 Å². The van der Waals surface area contributed by atoms with Crippen LogP contribution >= 0.6 is 0 Å². The Labute approximate surface area is 161 Å². The number of hydrogen-bond acceptors (Lipinski definition) is 5. The highest BCUT2D eigenvalue weighted by molar-refractivity contribution is 5.39. The van der Waals surface area contributed by atoms with Crippen LogP contribution in [0.4, 0.5) is 0 Å². The van der Waals surface area contributed by atoms with E-state index in [0.29, 0.717) is 46.2 Å². The van der Waals surface area contributed by atoms with Gasteiger partial charge in [-0.2, -0.15) is 0 Å². The molecule has 0 saturated heterocycles. The van der Waals surface area contributed by atoms with Crippen molar-refractivity contribution in [1.82, 2.24) is 0 Å². The van der Waals surface area contributed by atoms with E-state index in [1.165, 1.54) is 0 Å². The molecule has 0 fully saturated rings. The van der Waals surface area contributed by atoms with Crippen molar-refractivity contribution in [2.75, 3.05) is 39.6 Å². The van der Waals surface area contributed by atoms with Crippen molar-refractivity contribution in [3.05, 3.63) is 60.2 Å². The summed E-state index contributed by atoms with van der Waals surface area (Å²) in [7, 11) is 0. The molecule has 1 atom stereocenters. The van der Waals surface area contributed by atoms with Gasteiger partial charge in [-0.25, -0.2) is 0 Å². The van der Waals surface area contributed by atoms with Crippen molar-refractivity contribution in [1.29, 1.82) is 0 Å². The van der Waals surface area contributed by atoms with Crippen LogP contribution in [0.25, 0.3) is 0 Å². The monoisotopic (exact) mass is 372 g/mol. The summed E-state index contributed by atoms with van der Waals surface area (Å²) in [5.41, 5.74) is 1.16. The van der Waals surface area contributed by atoms with Gasteiger partial charge < -0.3 is 23.7 Å². The van der Waals surface area contributed by atoms with Crippen LogP contribution in [0.2, 0.25) is 0 Å². The smallest absolute Gasteiger partial charge is 0.161 e. The van der Waals surface area contributed by atoms with Gasteiger partial charge in [0.05, 0.1) is 39.6 Å². The van der Waals surface area contributed by atoms with Crippen LogP contribution < -0.4 is 9.47 Å². The molecule has 0 saturated carbocycles. The number of para-hydroxylation sites is 2. The summed E-state index contributed by atoms with van der Waals surface area (Å²) in [6.07, 6.45) is 1.53. The van der Waals surface area contributed by atoms with Crippen LogP contribution in [-0.4, -0.2) is 45.7 Å². The van der Waals surface area contributed by atoms with Gasteiger partial charge in [0.25, 0.3) is 0 Å². The summed E-state index contributed by atoms with van der Waals surface area (Å²) in [6, 6.07) is 17.9. The van der Waals surface area contributed by atoms with Crippen LogP contribution in [0.3, 0.4) is 0 Å². The van der Waals surface area contributed by atoms with Crippen molar-refractivity contribution < 1.29 is 23.7 Å². The van der Waals surface area contributed by atoms with E-state index in [0.717, 1.165) is 29.9 Å². The lowest BCUT2D eigenvalue weighted by Gasteiger charge is -2.19. The van der Waals surface area contributed by atoms with E-state index >= 15 is 0 Å². The number of rotatable bonds is 4. The first kappa shape index (κ1) is 19.7. The molecule has 1 aliphatic heterocycles. The third-order valence-corrected chi connectivity index (χ3v) is 4.16. The van der Waals surface area contributed by atoms with Gasteiger partial charge in [0, 0.05) is 19.4 Å². The lowest BCUT2D eigenvalue weighted by molar-refractivity contribution is -0.0664. The van der Waals surface area contributed by atoms with Crippen LogP contribution in [0.5, 0.6) is 11.5 Å². The number of hydrogen-bond donors (Lipinski definition) is 0. The largest absolute Gasteiger partial charge is 0.490 e. The number of fused-ring (bicyclic) bond motifs is 1.